The second-order valence-electron chi connectivity index (χ2n) is 9.00. The number of hydrogen-bond acceptors (Lipinski definition) is 2. The van der Waals surface area contributed by atoms with Crippen LogP contribution in [-0.4, -0.2) is 23.3 Å². The lowest BCUT2D eigenvalue weighted by Gasteiger charge is -2.32. The van der Waals surface area contributed by atoms with Crippen molar-refractivity contribution in [3.63, 3.8) is 0 Å². The molecule has 1 aromatic heterocycles. The first kappa shape index (κ1) is 19.2. The largest absolute Gasteiger partial charge is 0.494 e. The van der Waals surface area contributed by atoms with E-state index in [9.17, 15) is 0 Å². The van der Waals surface area contributed by atoms with E-state index in [0.717, 1.165) is 16.7 Å². The van der Waals surface area contributed by atoms with Crippen LogP contribution in [0.1, 0.15) is 27.7 Å². The third-order valence-electron chi connectivity index (χ3n) is 6.47. The smallest absolute Gasteiger partial charge is 0.399 e. The van der Waals surface area contributed by atoms with E-state index in [1.165, 1.54) is 22.1 Å². The van der Waals surface area contributed by atoms with Crippen molar-refractivity contribution in [1.29, 1.82) is 0 Å². The molecule has 2 heterocycles. The van der Waals surface area contributed by atoms with Gasteiger partial charge in [0.15, 0.2) is 0 Å². The number of fused-ring (bicyclic) bond motifs is 1. The molecule has 0 spiro atoms. The van der Waals surface area contributed by atoms with Crippen LogP contribution in [0.25, 0.3) is 33.3 Å². The number of rotatable bonds is 3. The van der Waals surface area contributed by atoms with Gasteiger partial charge in [-0.15, -0.1) is 0 Å². The lowest BCUT2D eigenvalue weighted by Crippen LogP contribution is -2.41. The van der Waals surface area contributed by atoms with Gasteiger partial charge in [-0.25, -0.2) is 0 Å². The van der Waals surface area contributed by atoms with Gasteiger partial charge < -0.3 is 14.3 Å². The maximum Gasteiger partial charge on any atom is 0.494 e. The van der Waals surface area contributed by atoms with Crippen molar-refractivity contribution < 1.29 is 9.31 Å². The molecule has 0 radical (unpaired) electrons. The van der Waals surface area contributed by atoms with Crippen molar-refractivity contribution in [2.24, 2.45) is 0 Å². The second-order valence-corrected chi connectivity index (χ2v) is 9.00. The molecule has 1 aliphatic heterocycles. The Morgan fingerprint density at radius 3 is 1.87 bits per heavy atom. The Morgan fingerprint density at radius 2 is 1.27 bits per heavy atom. The third kappa shape index (κ3) is 3.08. The van der Waals surface area contributed by atoms with E-state index in [2.05, 4.69) is 105 Å². The summed E-state index contributed by atoms with van der Waals surface area (Å²) >= 11 is 0. The van der Waals surface area contributed by atoms with E-state index in [-0.39, 0.29) is 18.3 Å². The van der Waals surface area contributed by atoms with Gasteiger partial charge in [-0.1, -0.05) is 72.8 Å². The summed E-state index contributed by atoms with van der Waals surface area (Å²) in [6.07, 6.45) is 0. The standard InChI is InChI=1S/C26H26BNO2/c1-25(2)26(3,4)30-27(29-25)20-15-16-22-21(17-20)23(18-11-7-5-8-12-18)24(28-22)19-13-9-6-10-14-19/h5-17,28H,1-4H3. The van der Waals surface area contributed by atoms with Gasteiger partial charge in [-0.2, -0.15) is 0 Å². The number of aromatic nitrogens is 1. The van der Waals surface area contributed by atoms with Gasteiger partial charge in [0.05, 0.1) is 16.9 Å². The van der Waals surface area contributed by atoms with Crippen LogP contribution in [0, 0.1) is 0 Å². The minimum Gasteiger partial charge on any atom is -0.399 e. The predicted molar refractivity (Wildman–Crippen MR) is 125 cm³/mol. The summed E-state index contributed by atoms with van der Waals surface area (Å²) in [5, 5.41) is 1.17. The number of H-pyrrole nitrogens is 1. The zero-order valence-corrected chi connectivity index (χ0v) is 17.9. The molecule has 5 rings (SSSR count). The maximum atomic E-state index is 6.30. The fourth-order valence-corrected chi connectivity index (χ4v) is 4.06. The highest BCUT2D eigenvalue weighted by molar-refractivity contribution is 6.62. The molecule has 0 aliphatic carbocycles. The van der Waals surface area contributed by atoms with E-state index in [1.807, 2.05) is 6.07 Å². The van der Waals surface area contributed by atoms with Gasteiger partial charge in [0, 0.05) is 16.5 Å². The SMILES string of the molecule is CC1(C)OB(c2ccc3[nH]c(-c4ccccc4)c(-c4ccccc4)c3c2)OC1(C)C. The molecule has 1 aliphatic rings. The molecule has 4 aromatic rings. The predicted octanol–water partition coefficient (Wildman–Crippen LogP) is 5.80. The number of nitrogens with one attached hydrogen (secondary N) is 1. The topological polar surface area (TPSA) is 34.2 Å². The first-order chi connectivity index (χ1) is 14.4. The number of hydrogen-bond donors (Lipinski definition) is 1. The monoisotopic (exact) mass is 395 g/mol. The van der Waals surface area contributed by atoms with Gasteiger partial charge in [-0.3, -0.25) is 0 Å². The van der Waals surface area contributed by atoms with Crippen molar-refractivity contribution >= 4 is 23.5 Å². The van der Waals surface area contributed by atoms with Crippen LogP contribution < -0.4 is 5.46 Å². The average Bonchev–Trinajstić information content (AvgIpc) is 3.22. The average molecular weight is 395 g/mol. The third-order valence-corrected chi connectivity index (χ3v) is 6.47. The summed E-state index contributed by atoms with van der Waals surface area (Å²) < 4.78 is 12.6. The minimum absolute atomic E-state index is 0.359. The Morgan fingerprint density at radius 1 is 0.700 bits per heavy atom. The van der Waals surface area contributed by atoms with Gasteiger partial charge in [0.1, 0.15) is 0 Å². The maximum absolute atomic E-state index is 6.30. The van der Waals surface area contributed by atoms with E-state index in [0.29, 0.717) is 0 Å². The molecule has 0 atom stereocenters. The van der Waals surface area contributed by atoms with Crippen LogP contribution in [0.3, 0.4) is 0 Å². The van der Waals surface area contributed by atoms with E-state index >= 15 is 0 Å². The molecular formula is C26H26BNO2. The van der Waals surface area contributed by atoms with Gasteiger partial charge in [0.25, 0.3) is 0 Å². The molecule has 0 saturated carbocycles. The molecule has 3 aromatic carbocycles. The number of aromatic amines is 1. The van der Waals surface area contributed by atoms with Crippen molar-refractivity contribution in [1.82, 2.24) is 4.98 Å². The molecule has 1 saturated heterocycles. The fourth-order valence-electron chi connectivity index (χ4n) is 4.06. The lowest BCUT2D eigenvalue weighted by molar-refractivity contribution is 0.00578. The normalized spacial score (nSPS) is 17.5. The summed E-state index contributed by atoms with van der Waals surface area (Å²) in [5.41, 5.74) is 6.12. The van der Waals surface area contributed by atoms with Crippen LogP contribution in [0.4, 0.5) is 0 Å². The van der Waals surface area contributed by atoms with Crippen LogP contribution in [0.15, 0.2) is 78.9 Å². The van der Waals surface area contributed by atoms with Gasteiger partial charge in [-0.05, 0) is 50.4 Å². The van der Waals surface area contributed by atoms with E-state index < -0.39 is 0 Å². The Labute approximate surface area is 178 Å². The highest BCUT2D eigenvalue weighted by Gasteiger charge is 2.51. The zero-order chi connectivity index (χ0) is 20.9. The van der Waals surface area contributed by atoms with Gasteiger partial charge >= 0.3 is 7.12 Å². The quantitative estimate of drug-likeness (QED) is 0.445. The summed E-state index contributed by atoms with van der Waals surface area (Å²) in [6.45, 7) is 8.35. The molecular weight excluding hydrogens is 369 g/mol. The molecule has 1 fully saturated rings. The fraction of sp³-hybridized carbons (Fsp3) is 0.231. The highest BCUT2D eigenvalue weighted by Crippen LogP contribution is 2.39. The summed E-state index contributed by atoms with van der Waals surface area (Å²) in [7, 11) is -0.377. The van der Waals surface area contributed by atoms with Gasteiger partial charge in [0.2, 0.25) is 0 Å². The molecule has 4 heteroatoms. The molecule has 0 bridgehead atoms. The van der Waals surface area contributed by atoms with Crippen molar-refractivity contribution in [2.45, 2.75) is 38.9 Å². The Hall–Kier alpha value is -2.82. The first-order valence-corrected chi connectivity index (χ1v) is 10.5. The molecule has 150 valence electrons. The molecule has 1 N–H and O–H groups in total. The molecule has 0 amide bonds. The summed E-state index contributed by atoms with van der Waals surface area (Å²) in [4.78, 5) is 3.65. The number of benzene rings is 3. The van der Waals surface area contributed by atoms with Crippen LogP contribution in [-0.2, 0) is 9.31 Å². The van der Waals surface area contributed by atoms with Crippen molar-refractivity contribution in [3.05, 3.63) is 78.9 Å². The lowest BCUT2D eigenvalue weighted by atomic mass is 9.78. The zero-order valence-electron chi connectivity index (χ0n) is 17.9. The van der Waals surface area contributed by atoms with Crippen molar-refractivity contribution in [2.75, 3.05) is 0 Å². The summed E-state index contributed by atoms with van der Waals surface area (Å²) in [6, 6.07) is 27.5. The summed E-state index contributed by atoms with van der Waals surface area (Å²) in [5.74, 6) is 0. The Bertz CT molecular complexity index is 1180. The van der Waals surface area contributed by atoms with E-state index in [1.54, 1.807) is 0 Å². The molecule has 3 nitrogen and oxygen atoms in total. The van der Waals surface area contributed by atoms with Crippen LogP contribution >= 0.6 is 0 Å². The second kappa shape index (κ2) is 6.87. The Kier molecular flexibility index (Phi) is 4.39. The van der Waals surface area contributed by atoms with Crippen LogP contribution in [0.2, 0.25) is 0 Å². The molecule has 0 unspecified atom stereocenters. The van der Waals surface area contributed by atoms with Crippen LogP contribution in [0.5, 0.6) is 0 Å². The van der Waals surface area contributed by atoms with E-state index in [4.69, 9.17) is 9.31 Å². The minimum atomic E-state index is -0.377. The highest BCUT2D eigenvalue weighted by atomic mass is 16.7. The first-order valence-electron chi connectivity index (χ1n) is 10.5. The molecule has 30 heavy (non-hydrogen) atoms. The van der Waals surface area contributed by atoms with Crippen molar-refractivity contribution in [3.8, 4) is 22.4 Å². The Balaban J connectivity index is 1.69.